The fraction of sp³-hybridized carbons (Fsp3) is 0.250. The first-order chi connectivity index (χ1) is 11.9. The molecule has 0 amide bonds. The molecule has 0 saturated carbocycles. The van der Waals surface area contributed by atoms with Gasteiger partial charge in [-0.1, -0.05) is 12.1 Å². The predicted molar refractivity (Wildman–Crippen MR) is 83.2 cm³/mol. The molecule has 132 valence electrons. The molecule has 0 saturated heterocycles. The van der Waals surface area contributed by atoms with Gasteiger partial charge in [0.05, 0.1) is 12.0 Å². The lowest BCUT2D eigenvalue weighted by Gasteiger charge is -2.06. The maximum atomic E-state index is 11.7. The van der Waals surface area contributed by atoms with Gasteiger partial charge in [-0.05, 0) is 19.1 Å². The minimum absolute atomic E-state index is 0.0359. The summed E-state index contributed by atoms with van der Waals surface area (Å²) < 4.78 is 20.0. The number of esters is 2. The third-order valence-corrected chi connectivity index (χ3v) is 3.16. The van der Waals surface area contributed by atoms with Crippen LogP contribution >= 0.6 is 0 Å². The van der Waals surface area contributed by atoms with Gasteiger partial charge in [-0.15, -0.1) is 0 Å². The van der Waals surface area contributed by atoms with Crippen LogP contribution in [0, 0.1) is 17.0 Å². The number of hydrogen-bond donors (Lipinski definition) is 0. The Balaban J connectivity index is 1.90. The molecule has 2 rings (SSSR count). The van der Waals surface area contributed by atoms with Crippen molar-refractivity contribution in [2.45, 2.75) is 13.5 Å². The van der Waals surface area contributed by atoms with Gasteiger partial charge in [0.1, 0.15) is 23.7 Å². The van der Waals surface area contributed by atoms with E-state index < -0.39 is 23.5 Å². The molecule has 0 aliphatic heterocycles. The van der Waals surface area contributed by atoms with Crippen LogP contribution in [0.3, 0.4) is 0 Å². The normalized spacial score (nSPS) is 10.2. The minimum Gasteiger partial charge on any atom is -0.475 e. The summed E-state index contributed by atoms with van der Waals surface area (Å²) in [5, 5.41) is 10.9. The molecule has 0 aliphatic rings. The molecule has 1 heterocycles. The van der Waals surface area contributed by atoms with Crippen molar-refractivity contribution >= 4 is 17.6 Å². The SMILES string of the molecule is COC(=O)c1cc(COC(=O)COc2ccccc2[N+](=O)[O-])oc1C. The van der Waals surface area contributed by atoms with E-state index in [1.54, 1.807) is 13.0 Å². The second-order valence-electron chi connectivity index (χ2n) is 4.85. The van der Waals surface area contributed by atoms with E-state index in [0.717, 1.165) is 0 Å². The second kappa shape index (κ2) is 7.95. The zero-order chi connectivity index (χ0) is 18.4. The van der Waals surface area contributed by atoms with Crippen molar-refractivity contribution in [3.8, 4) is 5.75 Å². The van der Waals surface area contributed by atoms with Crippen molar-refractivity contribution in [2.24, 2.45) is 0 Å². The van der Waals surface area contributed by atoms with Crippen LogP contribution in [-0.2, 0) is 20.9 Å². The Morgan fingerprint density at radius 1 is 1.28 bits per heavy atom. The number of nitrogens with zero attached hydrogens (tertiary/aromatic N) is 1. The predicted octanol–water partition coefficient (Wildman–Crippen LogP) is 2.41. The molecule has 0 radical (unpaired) electrons. The van der Waals surface area contributed by atoms with Crippen LogP contribution in [0.5, 0.6) is 5.75 Å². The Morgan fingerprint density at radius 3 is 2.68 bits per heavy atom. The Hall–Kier alpha value is -3.36. The number of methoxy groups -OCH3 is 1. The average Bonchev–Trinajstić information content (AvgIpc) is 2.98. The van der Waals surface area contributed by atoms with Crippen LogP contribution in [0.4, 0.5) is 5.69 Å². The second-order valence-corrected chi connectivity index (χ2v) is 4.85. The van der Waals surface area contributed by atoms with Gasteiger partial charge >= 0.3 is 17.6 Å². The largest absolute Gasteiger partial charge is 0.475 e. The number of carbonyl (C=O) groups excluding carboxylic acids is 2. The van der Waals surface area contributed by atoms with E-state index in [4.69, 9.17) is 13.9 Å². The number of nitro benzene ring substituents is 1. The maximum Gasteiger partial charge on any atom is 0.344 e. The fourth-order valence-electron chi connectivity index (χ4n) is 1.99. The number of furan rings is 1. The standard InChI is InChI=1S/C16H15NO8/c1-10-12(16(19)22-2)7-11(25-10)8-24-15(18)9-23-14-6-4-3-5-13(14)17(20)21/h3-7H,8-9H2,1-2H3. The first-order valence-corrected chi connectivity index (χ1v) is 7.12. The highest BCUT2D eigenvalue weighted by atomic mass is 16.6. The summed E-state index contributed by atoms with van der Waals surface area (Å²) in [6.07, 6.45) is 0. The highest BCUT2D eigenvalue weighted by Gasteiger charge is 2.18. The molecule has 2 aromatic rings. The number of carbonyl (C=O) groups is 2. The zero-order valence-corrected chi connectivity index (χ0v) is 13.5. The first-order valence-electron chi connectivity index (χ1n) is 7.12. The summed E-state index contributed by atoms with van der Waals surface area (Å²) >= 11 is 0. The molecule has 0 fully saturated rings. The summed E-state index contributed by atoms with van der Waals surface area (Å²) in [5.74, 6) is -0.734. The first kappa shape index (κ1) is 18.0. The van der Waals surface area contributed by atoms with Crippen molar-refractivity contribution in [1.29, 1.82) is 0 Å². The summed E-state index contributed by atoms with van der Waals surface area (Å²) in [6, 6.07) is 7.09. The third-order valence-electron chi connectivity index (χ3n) is 3.16. The number of aryl methyl sites for hydroxylation is 1. The van der Waals surface area contributed by atoms with Crippen LogP contribution in [0.15, 0.2) is 34.7 Å². The summed E-state index contributed by atoms with van der Waals surface area (Å²) in [6.45, 7) is 0.862. The van der Waals surface area contributed by atoms with Crippen molar-refractivity contribution in [3.05, 3.63) is 57.5 Å². The number of ether oxygens (including phenoxy) is 3. The number of rotatable bonds is 7. The summed E-state index contributed by atoms with van der Waals surface area (Å²) in [7, 11) is 1.24. The Bertz CT molecular complexity index is 795. The van der Waals surface area contributed by atoms with Gasteiger partial charge in [0.15, 0.2) is 12.4 Å². The van der Waals surface area contributed by atoms with Gasteiger partial charge < -0.3 is 18.6 Å². The lowest BCUT2D eigenvalue weighted by molar-refractivity contribution is -0.385. The topological polar surface area (TPSA) is 118 Å². The van der Waals surface area contributed by atoms with Gasteiger partial charge in [-0.2, -0.15) is 0 Å². The number of benzene rings is 1. The van der Waals surface area contributed by atoms with Crippen molar-refractivity contribution in [2.75, 3.05) is 13.7 Å². The van der Waals surface area contributed by atoms with Gasteiger partial charge in [0, 0.05) is 6.07 Å². The van der Waals surface area contributed by atoms with E-state index in [-0.39, 0.29) is 29.4 Å². The average molecular weight is 349 g/mol. The quantitative estimate of drug-likeness (QED) is 0.425. The molecule has 0 bridgehead atoms. The lowest BCUT2D eigenvalue weighted by atomic mass is 10.2. The monoisotopic (exact) mass is 349 g/mol. The van der Waals surface area contributed by atoms with Crippen LogP contribution in [0.2, 0.25) is 0 Å². The van der Waals surface area contributed by atoms with Gasteiger partial charge in [0.25, 0.3) is 0 Å². The molecule has 1 aromatic carbocycles. The molecular formula is C16H15NO8. The summed E-state index contributed by atoms with van der Waals surface area (Å²) in [5.41, 5.74) is -0.00983. The Labute approximate surface area is 142 Å². The van der Waals surface area contributed by atoms with Crippen LogP contribution in [0.25, 0.3) is 0 Å². The maximum absolute atomic E-state index is 11.7. The van der Waals surface area contributed by atoms with Gasteiger partial charge in [-0.3, -0.25) is 10.1 Å². The van der Waals surface area contributed by atoms with Gasteiger partial charge in [-0.25, -0.2) is 9.59 Å². The van der Waals surface area contributed by atoms with E-state index in [9.17, 15) is 19.7 Å². The van der Waals surface area contributed by atoms with E-state index >= 15 is 0 Å². The van der Waals surface area contributed by atoms with Crippen LogP contribution in [0.1, 0.15) is 21.9 Å². The third kappa shape index (κ3) is 4.56. The number of hydrogen-bond acceptors (Lipinski definition) is 8. The smallest absolute Gasteiger partial charge is 0.344 e. The van der Waals surface area contributed by atoms with E-state index in [2.05, 4.69) is 4.74 Å². The Morgan fingerprint density at radius 2 is 2.00 bits per heavy atom. The molecule has 0 unspecified atom stereocenters. The number of para-hydroxylation sites is 2. The van der Waals surface area contributed by atoms with Crippen LogP contribution in [-0.4, -0.2) is 30.6 Å². The van der Waals surface area contributed by atoms with E-state index in [1.807, 2.05) is 0 Å². The molecular weight excluding hydrogens is 334 g/mol. The van der Waals surface area contributed by atoms with Crippen molar-refractivity contribution in [3.63, 3.8) is 0 Å². The highest BCUT2D eigenvalue weighted by molar-refractivity contribution is 5.90. The zero-order valence-electron chi connectivity index (χ0n) is 13.5. The van der Waals surface area contributed by atoms with Crippen LogP contribution < -0.4 is 4.74 Å². The minimum atomic E-state index is -0.744. The molecule has 0 aliphatic carbocycles. The van der Waals surface area contributed by atoms with Crippen molar-refractivity contribution < 1.29 is 33.1 Å². The molecule has 0 spiro atoms. The fourth-order valence-corrected chi connectivity index (χ4v) is 1.99. The van der Waals surface area contributed by atoms with Crippen molar-refractivity contribution in [1.82, 2.24) is 0 Å². The molecule has 9 nitrogen and oxygen atoms in total. The van der Waals surface area contributed by atoms with E-state index in [1.165, 1.54) is 31.4 Å². The summed E-state index contributed by atoms with van der Waals surface area (Å²) in [4.78, 5) is 33.4. The lowest BCUT2D eigenvalue weighted by Crippen LogP contribution is -2.15. The molecule has 0 N–H and O–H groups in total. The highest BCUT2D eigenvalue weighted by Crippen LogP contribution is 2.25. The Kier molecular flexibility index (Phi) is 5.72. The molecule has 1 aromatic heterocycles. The molecule has 9 heteroatoms. The van der Waals surface area contributed by atoms with Gasteiger partial charge in [0.2, 0.25) is 0 Å². The number of nitro groups is 1. The molecule has 25 heavy (non-hydrogen) atoms. The molecule has 0 atom stereocenters. The van der Waals surface area contributed by atoms with E-state index in [0.29, 0.717) is 5.76 Å².